The van der Waals surface area contributed by atoms with E-state index in [1.165, 1.54) is 6.92 Å². The van der Waals surface area contributed by atoms with Gasteiger partial charge in [-0.15, -0.1) is 0 Å². The van der Waals surface area contributed by atoms with Crippen molar-refractivity contribution in [2.24, 2.45) is 5.73 Å². The number of nitrogens with two attached hydrogens (primary N) is 1. The molecule has 0 aliphatic heterocycles. The molecule has 120 valence electrons. The molecule has 0 aliphatic rings. The fourth-order valence-electron chi connectivity index (χ4n) is 1.32. The zero-order valence-electron chi connectivity index (χ0n) is 12.1. The summed E-state index contributed by atoms with van der Waals surface area (Å²) in [6, 6.07) is -1.42. The van der Waals surface area contributed by atoms with Gasteiger partial charge < -0.3 is 26.8 Å². The van der Waals surface area contributed by atoms with Crippen molar-refractivity contribution in [2.75, 3.05) is 13.1 Å². The summed E-state index contributed by atoms with van der Waals surface area (Å²) >= 11 is 0. The summed E-state index contributed by atoms with van der Waals surface area (Å²) in [5.41, 5.74) is 5.35. The van der Waals surface area contributed by atoms with Gasteiger partial charge >= 0.3 is 5.97 Å². The van der Waals surface area contributed by atoms with Crippen LogP contribution in [0.5, 0.6) is 0 Å². The van der Waals surface area contributed by atoms with Crippen LogP contribution in [0.1, 0.15) is 26.7 Å². The minimum absolute atomic E-state index is 0.135. The number of carboxylic acids is 1. The Kier molecular flexibility index (Phi) is 8.70. The number of carbonyl (C=O) groups excluding carboxylic acids is 3. The van der Waals surface area contributed by atoms with Crippen LogP contribution in [-0.2, 0) is 19.2 Å². The SMILES string of the molecule is C[C@H](N)C(=O)[15NH]CCCC(=O)N[C@@H](C)C(=O)NCC(=O)O. The topological polar surface area (TPSA) is 151 Å². The van der Waals surface area contributed by atoms with E-state index in [-0.39, 0.29) is 18.2 Å². The van der Waals surface area contributed by atoms with Crippen molar-refractivity contribution in [1.82, 2.24) is 16.0 Å². The Hall–Kier alpha value is -2.16. The maximum absolute atomic E-state index is 11.5. The molecule has 0 saturated carbocycles. The average Bonchev–Trinajstić information content (AvgIpc) is 2.40. The maximum Gasteiger partial charge on any atom is 0.322 e. The molecule has 2 atom stereocenters. The van der Waals surface area contributed by atoms with Gasteiger partial charge in [-0.2, -0.15) is 0 Å². The number of amides is 3. The van der Waals surface area contributed by atoms with Crippen LogP contribution in [0.2, 0.25) is 0 Å². The van der Waals surface area contributed by atoms with Gasteiger partial charge in [0.15, 0.2) is 0 Å². The number of hydrogen-bond donors (Lipinski definition) is 5. The maximum atomic E-state index is 11.5. The van der Waals surface area contributed by atoms with Gasteiger partial charge in [0.1, 0.15) is 12.6 Å². The first-order chi connectivity index (χ1) is 9.73. The van der Waals surface area contributed by atoms with Crippen molar-refractivity contribution < 1.29 is 24.3 Å². The molecular weight excluding hydrogens is 281 g/mol. The number of nitrogens with one attached hydrogen (secondary N) is 3. The van der Waals surface area contributed by atoms with Gasteiger partial charge in [0.25, 0.3) is 0 Å². The fourth-order valence-corrected chi connectivity index (χ4v) is 1.32. The summed E-state index contributed by atoms with van der Waals surface area (Å²) in [6.45, 7) is 2.82. The van der Waals surface area contributed by atoms with E-state index in [0.29, 0.717) is 13.0 Å². The first kappa shape index (κ1) is 18.8. The molecule has 0 spiro atoms. The Morgan fingerprint density at radius 1 is 1.10 bits per heavy atom. The predicted molar refractivity (Wildman–Crippen MR) is 74.1 cm³/mol. The van der Waals surface area contributed by atoms with Crippen LogP contribution in [0.3, 0.4) is 0 Å². The summed E-state index contributed by atoms with van der Waals surface area (Å²) in [7, 11) is 0. The number of carbonyl (C=O) groups is 4. The van der Waals surface area contributed by atoms with Crippen LogP contribution in [0.15, 0.2) is 0 Å². The average molecular weight is 303 g/mol. The zero-order chi connectivity index (χ0) is 16.4. The minimum Gasteiger partial charge on any atom is -0.480 e. The second-order valence-electron chi connectivity index (χ2n) is 4.58. The van der Waals surface area contributed by atoms with Crippen LogP contribution in [-0.4, -0.2) is 54.0 Å². The number of aliphatic carboxylic acids is 1. The largest absolute Gasteiger partial charge is 0.480 e. The lowest BCUT2D eigenvalue weighted by atomic mass is 10.2. The number of carboxylic acid groups (broad SMARTS) is 1. The molecule has 0 aliphatic carbocycles. The highest BCUT2D eigenvalue weighted by molar-refractivity contribution is 5.89. The van der Waals surface area contributed by atoms with Crippen molar-refractivity contribution >= 4 is 23.7 Å². The number of hydrogen-bond acceptors (Lipinski definition) is 5. The Morgan fingerprint density at radius 3 is 2.24 bits per heavy atom. The van der Waals surface area contributed by atoms with Crippen molar-refractivity contribution in [2.45, 2.75) is 38.8 Å². The van der Waals surface area contributed by atoms with Crippen LogP contribution < -0.4 is 21.7 Å². The lowest BCUT2D eigenvalue weighted by Gasteiger charge is -2.13. The smallest absolute Gasteiger partial charge is 0.322 e. The lowest BCUT2D eigenvalue weighted by molar-refractivity contribution is -0.138. The highest BCUT2D eigenvalue weighted by Gasteiger charge is 2.15. The first-order valence-corrected chi connectivity index (χ1v) is 6.56. The molecule has 0 aromatic carbocycles. The highest BCUT2D eigenvalue weighted by atomic mass is 16.4. The Bertz CT molecular complexity index is 397. The first-order valence-electron chi connectivity index (χ1n) is 6.56. The normalized spacial score (nSPS) is 12.9. The Labute approximate surface area is 122 Å². The predicted octanol–water partition coefficient (Wildman–Crippen LogP) is -2.06. The third-order valence-electron chi connectivity index (χ3n) is 2.48. The van der Waals surface area contributed by atoms with E-state index in [2.05, 4.69) is 16.0 Å². The molecule has 0 radical (unpaired) electrons. The lowest BCUT2D eigenvalue weighted by Crippen LogP contribution is -2.46. The summed E-state index contributed by atoms with van der Waals surface area (Å²) in [6.07, 6.45) is 0.545. The van der Waals surface area contributed by atoms with E-state index in [4.69, 9.17) is 10.8 Å². The minimum atomic E-state index is -1.16. The molecule has 0 aromatic heterocycles. The molecule has 0 bridgehead atoms. The van der Waals surface area contributed by atoms with Crippen molar-refractivity contribution in [3.63, 3.8) is 0 Å². The van der Waals surface area contributed by atoms with Gasteiger partial charge in [-0.25, -0.2) is 0 Å². The van der Waals surface area contributed by atoms with E-state index in [1.54, 1.807) is 6.92 Å². The highest BCUT2D eigenvalue weighted by Crippen LogP contribution is 1.91. The molecule has 0 unspecified atom stereocenters. The third kappa shape index (κ3) is 9.38. The van der Waals surface area contributed by atoms with Crippen molar-refractivity contribution in [3.05, 3.63) is 0 Å². The molecule has 6 N–H and O–H groups in total. The van der Waals surface area contributed by atoms with Gasteiger partial charge in [0, 0.05) is 13.0 Å². The standard InChI is InChI=1S/C12H22N4O5/c1-7(13)11(20)14-5-3-4-9(17)16-8(2)12(21)15-6-10(18)19/h7-8H,3-6,13H2,1-2H3,(H,14,20)(H,15,21)(H,16,17)(H,18,19)/t7-,8-/m0/s1/i14+1. The third-order valence-corrected chi connectivity index (χ3v) is 2.48. The molecule has 0 aromatic rings. The fraction of sp³-hybridized carbons (Fsp3) is 0.667. The second-order valence-corrected chi connectivity index (χ2v) is 4.58. The molecule has 0 heterocycles. The molecule has 0 saturated heterocycles. The van der Waals surface area contributed by atoms with Crippen LogP contribution in [0.25, 0.3) is 0 Å². The summed E-state index contributed by atoms with van der Waals surface area (Å²) in [4.78, 5) is 44.4. The summed E-state index contributed by atoms with van der Waals surface area (Å²) in [5.74, 6) is -2.39. The quantitative estimate of drug-likeness (QED) is 0.244. The molecule has 0 rings (SSSR count). The van der Waals surface area contributed by atoms with E-state index >= 15 is 0 Å². The van der Waals surface area contributed by atoms with Gasteiger partial charge in [-0.3, -0.25) is 19.2 Å². The molecule has 3 amide bonds. The van der Waals surface area contributed by atoms with Gasteiger partial charge in [0.2, 0.25) is 17.7 Å². The Balaban J connectivity index is 3.85. The van der Waals surface area contributed by atoms with Crippen LogP contribution in [0, 0.1) is 0 Å². The second kappa shape index (κ2) is 9.70. The zero-order valence-corrected chi connectivity index (χ0v) is 12.1. The van der Waals surface area contributed by atoms with Crippen molar-refractivity contribution in [1.29, 1.82) is 0 Å². The van der Waals surface area contributed by atoms with Gasteiger partial charge in [0.05, 0.1) is 6.04 Å². The molecular formula is C12H22N4O5. The monoisotopic (exact) mass is 303 g/mol. The summed E-state index contributed by atoms with van der Waals surface area (Å²) < 4.78 is 0. The summed E-state index contributed by atoms with van der Waals surface area (Å²) in [5, 5.41) is 15.6. The molecule has 21 heavy (non-hydrogen) atoms. The van der Waals surface area contributed by atoms with E-state index in [1.807, 2.05) is 0 Å². The van der Waals surface area contributed by atoms with E-state index < -0.39 is 30.5 Å². The van der Waals surface area contributed by atoms with Gasteiger partial charge in [-0.05, 0) is 20.3 Å². The molecule has 0 fully saturated rings. The van der Waals surface area contributed by atoms with Crippen LogP contribution >= 0.6 is 0 Å². The van der Waals surface area contributed by atoms with Gasteiger partial charge in [-0.1, -0.05) is 0 Å². The van der Waals surface area contributed by atoms with Crippen molar-refractivity contribution in [3.8, 4) is 0 Å². The Morgan fingerprint density at radius 2 is 1.71 bits per heavy atom. The number of rotatable bonds is 9. The van der Waals surface area contributed by atoms with E-state index in [0.717, 1.165) is 0 Å². The van der Waals surface area contributed by atoms with Crippen LogP contribution in [0.4, 0.5) is 0 Å². The van der Waals surface area contributed by atoms with E-state index in [9.17, 15) is 19.2 Å². The molecule has 9 nitrogen and oxygen atoms in total. The molecule has 9 heteroatoms.